The van der Waals surface area contributed by atoms with Crippen LogP contribution in [0.5, 0.6) is 0 Å². The first-order chi connectivity index (χ1) is 8.45. The smallest absolute Gasteiger partial charge is 0.162 e. The fourth-order valence-corrected chi connectivity index (χ4v) is 2.97. The van der Waals surface area contributed by atoms with E-state index >= 15 is 0 Å². The summed E-state index contributed by atoms with van der Waals surface area (Å²) in [5, 5.41) is 10.9. The van der Waals surface area contributed by atoms with Gasteiger partial charge >= 0.3 is 0 Å². The van der Waals surface area contributed by atoms with E-state index in [0.29, 0.717) is 12.0 Å². The average molecular weight is 248 g/mol. The molecule has 1 N–H and O–H groups in total. The van der Waals surface area contributed by atoms with Crippen LogP contribution in [0.2, 0.25) is 0 Å². The van der Waals surface area contributed by atoms with Crippen LogP contribution in [0.3, 0.4) is 0 Å². The van der Waals surface area contributed by atoms with E-state index in [4.69, 9.17) is 4.42 Å². The molecule has 3 atom stereocenters. The van der Waals surface area contributed by atoms with Gasteiger partial charge in [0.05, 0.1) is 18.4 Å². The van der Waals surface area contributed by atoms with Crippen molar-refractivity contribution in [3.63, 3.8) is 0 Å². The van der Waals surface area contributed by atoms with Crippen LogP contribution in [0.4, 0.5) is 0 Å². The topological polar surface area (TPSA) is 50.4 Å². The van der Waals surface area contributed by atoms with Gasteiger partial charge in [-0.2, -0.15) is 0 Å². The lowest BCUT2D eigenvalue weighted by atomic mass is 9.79. The minimum Gasteiger partial charge on any atom is -0.472 e. The Bertz CT molecular complexity index is 454. The van der Waals surface area contributed by atoms with Gasteiger partial charge in [-0.15, -0.1) is 0 Å². The molecule has 1 fully saturated rings. The number of hydrogen-bond donors (Lipinski definition) is 1. The predicted octanol–water partition coefficient (Wildman–Crippen LogP) is 3.05. The molecule has 98 valence electrons. The molecule has 1 aromatic rings. The third-order valence-electron chi connectivity index (χ3n) is 3.82. The molecular formula is C15H20O3. The van der Waals surface area contributed by atoms with E-state index in [-0.39, 0.29) is 17.6 Å². The number of ketones is 1. The summed E-state index contributed by atoms with van der Waals surface area (Å²) in [5.41, 5.74) is 0.608. The van der Waals surface area contributed by atoms with Crippen LogP contribution < -0.4 is 0 Å². The molecule has 0 radical (unpaired) electrons. The molecule has 0 amide bonds. The normalized spacial score (nSPS) is 31.3. The molecular weight excluding hydrogens is 228 g/mol. The molecule has 1 aliphatic rings. The van der Waals surface area contributed by atoms with E-state index in [1.165, 1.54) is 0 Å². The largest absolute Gasteiger partial charge is 0.472 e. The summed E-state index contributed by atoms with van der Waals surface area (Å²) in [7, 11) is 0. The zero-order valence-corrected chi connectivity index (χ0v) is 11.1. The number of allylic oxidation sites excluding steroid dienone is 2. The molecule has 0 unspecified atom stereocenters. The van der Waals surface area contributed by atoms with Gasteiger partial charge in [0.2, 0.25) is 0 Å². The zero-order chi connectivity index (χ0) is 13.3. The van der Waals surface area contributed by atoms with E-state index < -0.39 is 5.60 Å². The molecule has 0 bridgehead atoms. The Labute approximate surface area is 108 Å². The second-order valence-electron chi connectivity index (χ2n) is 5.55. The number of hydrogen-bond acceptors (Lipinski definition) is 3. The van der Waals surface area contributed by atoms with Crippen molar-refractivity contribution >= 4 is 5.78 Å². The van der Waals surface area contributed by atoms with Crippen LogP contribution in [-0.4, -0.2) is 10.9 Å². The monoisotopic (exact) mass is 248 g/mol. The minimum atomic E-state index is -1.07. The van der Waals surface area contributed by atoms with E-state index in [1.54, 1.807) is 24.7 Å². The van der Waals surface area contributed by atoms with Gasteiger partial charge in [0, 0.05) is 5.56 Å². The minimum absolute atomic E-state index is 0.0173. The fourth-order valence-electron chi connectivity index (χ4n) is 2.97. The lowest BCUT2D eigenvalue weighted by molar-refractivity contribution is -0.127. The van der Waals surface area contributed by atoms with Gasteiger partial charge in [0.15, 0.2) is 5.78 Å². The molecule has 1 saturated carbocycles. The highest BCUT2D eigenvalue weighted by atomic mass is 16.3. The summed E-state index contributed by atoms with van der Waals surface area (Å²) in [6.07, 6.45) is 6.19. The maximum Gasteiger partial charge on any atom is 0.162 e. The summed E-state index contributed by atoms with van der Waals surface area (Å²) >= 11 is 0. The maximum absolute atomic E-state index is 12.3. The van der Waals surface area contributed by atoms with Crippen LogP contribution in [0.25, 0.3) is 0 Å². The third-order valence-corrected chi connectivity index (χ3v) is 3.82. The number of carbonyl (C=O) groups is 1. The van der Waals surface area contributed by atoms with Crippen molar-refractivity contribution in [2.75, 3.05) is 0 Å². The highest BCUT2D eigenvalue weighted by molar-refractivity contribution is 5.93. The molecule has 0 saturated heterocycles. The number of rotatable bonds is 3. The molecule has 0 aliphatic heterocycles. The van der Waals surface area contributed by atoms with Gasteiger partial charge in [-0.25, -0.2) is 0 Å². The Hall–Kier alpha value is -1.35. The molecule has 3 nitrogen and oxygen atoms in total. The molecule has 0 aromatic carbocycles. The maximum atomic E-state index is 12.3. The molecule has 2 rings (SSSR count). The Kier molecular flexibility index (Phi) is 3.44. The van der Waals surface area contributed by atoms with Crippen molar-refractivity contribution in [1.29, 1.82) is 0 Å². The first-order valence-electron chi connectivity index (χ1n) is 6.39. The molecule has 1 aliphatic carbocycles. The van der Waals surface area contributed by atoms with Crippen molar-refractivity contribution in [3.05, 3.63) is 35.8 Å². The van der Waals surface area contributed by atoms with Gasteiger partial charge in [0.1, 0.15) is 5.60 Å². The Morgan fingerprint density at radius 3 is 2.83 bits per heavy atom. The summed E-state index contributed by atoms with van der Waals surface area (Å²) in [6.45, 7) is 5.82. The fraction of sp³-hybridized carbons (Fsp3) is 0.533. The van der Waals surface area contributed by atoms with Gasteiger partial charge < -0.3 is 9.52 Å². The van der Waals surface area contributed by atoms with Gasteiger partial charge in [-0.05, 0) is 44.7 Å². The highest BCUT2D eigenvalue weighted by Crippen LogP contribution is 2.47. The molecule has 0 spiro atoms. The lowest BCUT2D eigenvalue weighted by Crippen LogP contribution is -2.36. The van der Waals surface area contributed by atoms with Crippen LogP contribution in [0.15, 0.2) is 34.7 Å². The quantitative estimate of drug-likeness (QED) is 0.836. The van der Waals surface area contributed by atoms with Crippen molar-refractivity contribution in [3.8, 4) is 0 Å². The van der Waals surface area contributed by atoms with Gasteiger partial charge in [0.25, 0.3) is 0 Å². The van der Waals surface area contributed by atoms with E-state index in [9.17, 15) is 9.90 Å². The number of furan rings is 1. The zero-order valence-electron chi connectivity index (χ0n) is 11.1. The van der Waals surface area contributed by atoms with Crippen LogP contribution in [0, 0.1) is 11.8 Å². The van der Waals surface area contributed by atoms with Crippen LogP contribution in [0.1, 0.15) is 39.2 Å². The SMILES string of the molecule is CC(C)=CC(=O)[C@H]1[C@H](C)CC[C@@]1(O)c1ccoc1. The standard InChI is InChI=1S/C15H20O3/c1-10(2)8-13(16)14-11(3)4-6-15(14,17)12-5-7-18-9-12/h5,7-9,11,14,17H,4,6H2,1-3H3/t11-,14-,15-/m1/s1. The Morgan fingerprint density at radius 2 is 2.28 bits per heavy atom. The summed E-state index contributed by atoms with van der Waals surface area (Å²) in [6, 6.07) is 1.75. The summed E-state index contributed by atoms with van der Waals surface area (Å²) in [5.74, 6) is -0.165. The highest BCUT2D eigenvalue weighted by Gasteiger charge is 2.50. The van der Waals surface area contributed by atoms with E-state index in [0.717, 1.165) is 12.0 Å². The first-order valence-corrected chi connectivity index (χ1v) is 6.39. The van der Waals surface area contributed by atoms with Crippen molar-refractivity contribution in [2.24, 2.45) is 11.8 Å². The van der Waals surface area contributed by atoms with Gasteiger partial charge in [-0.1, -0.05) is 12.5 Å². The second-order valence-corrected chi connectivity index (χ2v) is 5.55. The van der Waals surface area contributed by atoms with E-state index in [2.05, 4.69) is 0 Å². The van der Waals surface area contributed by atoms with Gasteiger partial charge in [-0.3, -0.25) is 4.79 Å². The Balaban J connectivity index is 2.36. The first kappa shape index (κ1) is 13.1. The average Bonchev–Trinajstić information content (AvgIpc) is 2.86. The number of carbonyl (C=O) groups excluding carboxylic acids is 1. The van der Waals surface area contributed by atoms with Crippen LogP contribution in [-0.2, 0) is 10.4 Å². The van der Waals surface area contributed by atoms with Crippen molar-refractivity contribution in [2.45, 2.75) is 39.2 Å². The van der Waals surface area contributed by atoms with Crippen molar-refractivity contribution in [1.82, 2.24) is 0 Å². The predicted molar refractivity (Wildman–Crippen MR) is 68.9 cm³/mol. The molecule has 1 heterocycles. The number of aliphatic hydroxyl groups is 1. The summed E-state index contributed by atoms with van der Waals surface area (Å²) < 4.78 is 5.05. The molecule has 18 heavy (non-hydrogen) atoms. The van der Waals surface area contributed by atoms with E-state index in [1.807, 2.05) is 20.8 Å². The summed E-state index contributed by atoms with van der Waals surface area (Å²) in [4.78, 5) is 12.3. The molecule has 3 heteroatoms. The molecule has 1 aromatic heterocycles. The lowest BCUT2D eigenvalue weighted by Gasteiger charge is -2.29. The Morgan fingerprint density at radius 1 is 1.56 bits per heavy atom. The third kappa shape index (κ3) is 2.15. The second kappa shape index (κ2) is 4.73. The van der Waals surface area contributed by atoms with Crippen molar-refractivity contribution < 1.29 is 14.3 Å². The van der Waals surface area contributed by atoms with Crippen LogP contribution >= 0.6 is 0 Å².